The zero-order valence-corrected chi connectivity index (χ0v) is 10.5. The molecule has 0 atom stereocenters. The summed E-state index contributed by atoms with van der Waals surface area (Å²) in [5.41, 5.74) is 6.80. The Morgan fingerprint density at radius 1 is 1.47 bits per heavy atom. The van der Waals surface area contributed by atoms with E-state index in [-0.39, 0.29) is 18.3 Å². The van der Waals surface area contributed by atoms with Crippen molar-refractivity contribution in [1.29, 1.82) is 0 Å². The predicted octanol–water partition coefficient (Wildman–Crippen LogP) is 1.50. The molecule has 2 rings (SSSR count). The van der Waals surface area contributed by atoms with Crippen LogP contribution in [0.25, 0.3) is 11.5 Å². The Morgan fingerprint density at radius 2 is 2.26 bits per heavy atom. The van der Waals surface area contributed by atoms with E-state index in [4.69, 9.17) is 19.7 Å². The van der Waals surface area contributed by atoms with E-state index in [1.54, 1.807) is 32.2 Å². The molecule has 100 valence electrons. The number of nitrogen functional groups attached to an aromatic ring is 1. The van der Waals surface area contributed by atoms with Crippen molar-refractivity contribution in [1.82, 2.24) is 10.1 Å². The van der Waals surface area contributed by atoms with E-state index in [1.165, 1.54) is 0 Å². The maximum absolute atomic E-state index is 11.4. The van der Waals surface area contributed by atoms with Crippen molar-refractivity contribution in [3.63, 3.8) is 0 Å². The van der Waals surface area contributed by atoms with Crippen LogP contribution in [0.5, 0.6) is 5.75 Å². The quantitative estimate of drug-likeness (QED) is 0.658. The van der Waals surface area contributed by atoms with Crippen LogP contribution >= 0.6 is 0 Å². The van der Waals surface area contributed by atoms with E-state index in [0.29, 0.717) is 17.0 Å². The predicted molar refractivity (Wildman–Crippen MR) is 66.7 cm³/mol. The highest BCUT2D eigenvalue weighted by atomic mass is 16.5. The van der Waals surface area contributed by atoms with Crippen LogP contribution in [0.1, 0.15) is 17.5 Å². The molecule has 0 aliphatic rings. The Bertz CT molecular complexity index is 594. The van der Waals surface area contributed by atoms with Gasteiger partial charge in [0.25, 0.3) is 11.7 Å². The summed E-state index contributed by atoms with van der Waals surface area (Å²) < 4.78 is 14.8. The van der Waals surface area contributed by atoms with Gasteiger partial charge in [0.1, 0.15) is 5.75 Å². The monoisotopic (exact) mass is 263 g/mol. The van der Waals surface area contributed by atoms with Gasteiger partial charge in [-0.2, -0.15) is 4.98 Å². The van der Waals surface area contributed by atoms with Crippen LogP contribution in [0, 0.1) is 0 Å². The van der Waals surface area contributed by atoms with Crippen LogP contribution in [0.4, 0.5) is 5.69 Å². The van der Waals surface area contributed by atoms with Crippen molar-refractivity contribution < 1.29 is 18.8 Å². The average molecular weight is 263 g/mol. The number of esters is 1. The highest BCUT2D eigenvalue weighted by molar-refractivity contribution is 5.85. The number of methoxy groups -OCH3 is 1. The largest absolute Gasteiger partial charge is 0.497 e. The molecule has 0 radical (unpaired) electrons. The minimum absolute atomic E-state index is 0.132. The fourth-order valence-corrected chi connectivity index (χ4v) is 1.47. The van der Waals surface area contributed by atoms with Gasteiger partial charge >= 0.3 is 5.97 Å². The lowest BCUT2D eigenvalue weighted by Crippen LogP contribution is -2.06. The van der Waals surface area contributed by atoms with E-state index < -0.39 is 5.97 Å². The molecular weight excluding hydrogens is 250 g/mol. The van der Waals surface area contributed by atoms with Gasteiger partial charge in [-0.1, -0.05) is 0 Å². The molecule has 2 aromatic rings. The van der Waals surface area contributed by atoms with Gasteiger partial charge in [0.05, 0.1) is 19.3 Å². The third-order valence-electron chi connectivity index (χ3n) is 2.37. The van der Waals surface area contributed by atoms with E-state index in [9.17, 15) is 4.79 Å². The zero-order chi connectivity index (χ0) is 13.8. The number of carbonyl (C=O) groups excluding carboxylic acids is 1. The molecule has 1 aromatic carbocycles. The molecule has 1 aromatic heterocycles. The lowest BCUT2D eigenvalue weighted by Gasteiger charge is -2.03. The van der Waals surface area contributed by atoms with Crippen LogP contribution in [-0.2, 0) is 4.74 Å². The highest BCUT2D eigenvalue weighted by Crippen LogP contribution is 2.28. The third-order valence-corrected chi connectivity index (χ3v) is 2.37. The lowest BCUT2D eigenvalue weighted by molar-refractivity contribution is 0.0508. The number of carbonyl (C=O) groups is 1. The molecule has 7 nitrogen and oxygen atoms in total. The van der Waals surface area contributed by atoms with E-state index in [2.05, 4.69) is 10.1 Å². The summed E-state index contributed by atoms with van der Waals surface area (Å²) >= 11 is 0. The summed E-state index contributed by atoms with van der Waals surface area (Å²) in [6, 6.07) is 5.01. The summed E-state index contributed by atoms with van der Waals surface area (Å²) in [6.45, 7) is 1.94. The van der Waals surface area contributed by atoms with Crippen LogP contribution in [0.3, 0.4) is 0 Å². The molecule has 0 saturated heterocycles. The molecule has 1 heterocycles. The number of anilines is 1. The third kappa shape index (κ3) is 2.65. The number of nitrogens with two attached hydrogens (primary N) is 1. The van der Waals surface area contributed by atoms with E-state index in [1.807, 2.05) is 0 Å². The summed E-state index contributed by atoms with van der Waals surface area (Å²) in [6.07, 6.45) is 0. The standard InChI is InChI=1S/C12H13N3O4/c1-3-18-12(16)10-14-11(19-15-10)8-5-4-7(17-2)6-9(8)13/h4-6H,3,13H2,1-2H3. The number of ether oxygens (including phenoxy) is 2. The van der Waals surface area contributed by atoms with Gasteiger partial charge in [0, 0.05) is 11.8 Å². The van der Waals surface area contributed by atoms with Crippen molar-refractivity contribution in [2.24, 2.45) is 0 Å². The Hall–Kier alpha value is -2.57. The van der Waals surface area contributed by atoms with Crippen molar-refractivity contribution in [2.75, 3.05) is 19.5 Å². The number of hydrogen-bond donors (Lipinski definition) is 1. The smallest absolute Gasteiger partial charge is 0.379 e. The number of hydrogen-bond acceptors (Lipinski definition) is 7. The molecule has 19 heavy (non-hydrogen) atoms. The first kappa shape index (κ1) is 12.9. The maximum Gasteiger partial charge on any atom is 0.379 e. The maximum atomic E-state index is 11.4. The topological polar surface area (TPSA) is 100 Å². The molecule has 0 aliphatic heterocycles. The van der Waals surface area contributed by atoms with Crippen LogP contribution in [0.15, 0.2) is 22.7 Å². The van der Waals surface area contributed by atoms with Crippen molar-refractivity contribution >= 4 is 11.7 Å². The van der Waals surface area contributed by atoms with Crippen molar-refractivity contribution in [3.8, 4) is 17.2 Å². The first-order valence-electron chi connectivity index (χ1n) is 5.60. The molecule has 0 amide bonds. The Kier molecular flexibility index (Phi) is 3.65. The molecule has 0 unspecified atom stereocenters. The Morgan fingerprint density at radius 3 is 2.89 bits per heavy atom. The number of nitrogens with zero attached hydrogens (tertiary/aromatic N) is 2. The molecule has 7 heteroatoms. The molecule has 0 spiro atoms. The molecule has 0 saturated carbocycles. The van der Waals surface area contributed by atoms with E-state index in [0.717, 1.165) is 0 Å². The second-order valence-corrected chi connectivity index (χ2v) is 3.60. The van der Waals surface area contributed by atoms with Gasteiger partial charge in [0.15, 0.2) is 0 Å². The number of benzene rings is 1. The van der Waals surface area contributed by atoms with Crippen LogP contribution in [0.2, 0.25) is 0 Å². The van der Waals surface area contributed by atoms with Gasteiger partial charge < -0.3 is 19.7 Å². The second kappa shape index (κ2) is 5.38. The fraction of sp³-hybridized carbons (Fsp3) is 0.250. The SMILES string of the molecule is CCOC(=O)c1noc(-c2ccc(OC)cc2N)n1. The molecule has 0 bridgehead atoms. The molecular formula is C12H13N3O4. The number of aromatic nitrogens is 2. The average Bonchev–Trinajstić information content (AvgIpc) is 2.88. The zero-order valence-electron chi connectivity index (χ0n) is 10.5. The molecule has 2 N–H and O–H groups in total. The Balaban J connectivity index is 2.30. The summed E-state index contributed by atoms with van der Waals surface area (Å²) in [7, 11) is 1.54. The van der Waals surface area contributed by atoms with Gasteiger partial charge in [-0.05, 0) is 24.2 Å². The fourth-order valence-electron chi connectivity index (χ4n) is 1.47. The second-order valence-electron chi connectivity index (χ2n) is 3.60. The summed E-state index contributed by atoms with van der Waals surface area (Å²) in [4.78, 5) is 15.4. The number of rotatable bonds is 4. The van der Waals surface area contributed by atoms with Gasteiger partial charge in [-0.25, -0.2) is 4.79 Å². The molecule has 0 fully saturated rings. The lowest BCUT2D eigenvalue weighted by atomic mass is 10.1. The summed E-state index contributed by atoms with van der Waals surface area (Å²) in [5, 5.41) is 3.55. The normalized spacial score (nSPS) is 10.2. The highest BCUT2D eigenvalue weighted by Gasteiger charge is 2.18. The van der Waals surface area contributed by atoms with Crippen molar-refractivity contribution in [2.45, 2.75) is 6.92 Å². The van der Waals surface area contributed by atoms with E-state index >= 15 is 0 Å². The van der Waals surface area contributed by atoms with Crippen LogP contribution in [-0.4, -0.2) is 29.8 Å². The summed E-state index contributed by atoms with van der Waals surface area (Å²) in [5.74, 6) is 0.00578. The van der Waals surface area contributed by atoms with Crippen LogP contribution < -0.4 is 10.5 Å². The van der Waals surface area contributed by atoms with Gasteiger partial charge in [-0.15, -0.1) is 0 Å². The first-order chi connectivity index (χ1) is 9.15. The minimum atomic E-state index is -0.635. The first-order valence-corrected chi connectivity index (χ1v) is 5.60. The van der Waals surface area contributed by atoms with Gasteiger partial charge in [-0.3, -0.25) is 0 Å². The van der Waals surface area contributed by atoms with Crippen molar-refractivity contribution in [3.05, 3.63) is 24.0 Å². The Labute approximate surface area is 109 Å². The van der Waals surface area contributed by atoms with Gasteiger partial charge in [0.2, 0.25) is 0 Å². The molecule has 0 aliphatic carbocycles. The minimum Gasteiger partial charge on any atom is -0.497 e.